The van der Waals surface area contributed by atoms with Gasteiger partial charge in [0.25, 0.3) is 0 Å². The van der Waals surface area contributed by atoms with Crippen molar-refractivity contribution in [3.63, 3.8) is 0 Å². The number of carbonyl (C=O) groups is 1. The summed E-state index contributed by atoms with van der Waals surface area (Å²) in [6.45, 7) is 7.55. The van der Waals surface area contributed by atoms with Gasteiger partial charge in [-0.05, 0) is 39.5 Å². The molecule has 1 aromatic heterocycles. The van der Waals surface area contributed by atoms with E-state index in [4.69, 9.17) is 4.74 Å². The minimum atomic E-state index is -0.561. The number of aryl methyl sites for hydroxylation is 1. The van der Waals surface area contributed by atoms with Crippen LogP contribution in [0.3, 0.4) is 0 Å². The number of benzene rings is 1. The predicted octanol–water partition coefficient (Wildman–Crippen LogP) is 4.55. The van der Waals surface area contributed by atoms with E-state index < -0.39 is 11.7 Å². The molecule has 0 fully saturated rings. The summed E-state index contributed by atoms with van der Waals surface area (Å²) in [5.74, 6) is 0. The van der Waals surface area contributed by atoms with Crippen LogP contribution in [0.25, 0.3) is 11.3 Å². The van der Waals surface area contributed by atoms with E-state index in [9.17, 15) is 4.79 Å². The zero-order valence-electron chi connectivity index (χ0n) is 15.0. The van der Waals surface area contributed by atoms with Crippen LogP contribution in [0.1, 0.15) is 26.3 Å². The molecule has 0 N–H and O–H groups in total. The molecule has 1 amide bonds. The van der Waals surface area contributed by atoms with Crippen LogP contribution in [0.2, 0.25) is 0 Å². The SMILES string of the molecule is CSc1ncc(N(C)C(=O)OC(C)(C)C)c(-c2ccccc2C)n1. The maximum Gasteiger partial charge on any atom is 0.414 e. The lowest BCUT2D eigenvalue weighted by molar-refractivity contribution is 0.0589. The average molecular weight is 345 g/mol. The van der Waals surface area contributed by atoms with Crippen molar-refractivity contribution >= 4 is 23.5 Å². The Labute approximate surface area is 147 Å². The van der Waals surface area contributed by atoms with E-state index in [2.05, 4.69) is 9.97 Å². The van der Waals surface area contributed by atoms with E-state index in [1.807, 2.05) is 58.2 Å². The lowest BCUT2D eigenvalue weighted by atomic mass is 10.0. The fraction of sp³-hybridized carbons (Fsp3) is 0.389. The molecule has 0 saturated heterocycles. The lowest BCUT2D eigenvalue weighted by Gasteiger charge is -2.25. The third kappa shape index (κ3) is 4.26. The molecule has 0 atom stereocenters. The van der Waals surface area contributed by atoms with E-state index in [-0.39, 0.29) is 0 Å². The van der Waals surface area contributed by atoms with Gasteiger partial charge in [0.2, 0.25) is 0 Å². The Balaban J connectivity index is 2.50. The molecule has 0 unspecified atom stereocenters. The van der Waals surface area contributed by atoms with Gasteiger partial charge in [0.05, 0.1) is 17.6 Å². The van der Waals surface area contributed by atoms with E-state index in [0.717, 1.165) is 16.8 Å². The van der Waals surface area contributed by atoms with E-state index in [1.54, 1.807) is 13.2 Å². The molecule has 0 spiro atoms. The van der Waals surface area contributed by atoms with Crippen molar-refractivity contribution in [3.05, 3.63) is 36.0 Å². The molecule has 0 radical (unpaired) electrons. The third-order valence-electron chi connectivity index (χ3n) is 3.36. The molecule has 0 aliphatic heterocycles. The summed E-state index contributed by atoms with van der Waals surface area (Å²) < 4.78 is 5.46. The first kappa shape index (κ1) is 18.3. The number of thioether (sulfide) groups is 1. The van der Waals surface area contributed by atoms with Crippen LogP contribution in [-0.2, 0) is 4.74 Å². The molecule has 128 valence electrons. The second-order valence-corrected chi connectivity index (χ2v) is 7.22. The van der Waals surface area contributed by atoms with Gasteiger partial charge in [-0.1, -0.05) is 36.0 Å². The van der Waals surface area contributed by atoms with Crippen molar-refractivity contribution < 1.29 is 9.53 Å². The molecule has 0 aliphatic rings. The normalized spacial score (nSPS) is 11.2. The molecule has 0 aliphatic carbocycles. The fourth-order valence-electron chi connectivity index (χ4n) is 2.17. The number of rotatable bonds is 3. The van der Waals surface area contributed by atoms with Gasteiger partial charge in [-0.15, -0.1) is 0 Å². The van der Waals surface area contributed by atoms with Gasteiger partial charge in [0.15, 0.2) is 5.16 Å². The number of aromatic nitrogens is 2. The number of carbonyl (C=O) groups excluding carboxylic acids is 1. The Morgan fingerprint density at radius 3 is 2.50 bits per heavy atom. The van der Waals surface area contributed by atoms with E-state index in [0.29, 0.717) is 10.8 Å². The monoisotopic (exact) mass is 345 g/mol. The first-order valence-electron chi connectivity index (χ1n) is 7.66. The summed E-state index contributed by atoms with van der Waals surface area (Å²) in [5, 5.41) is 0.662. The molecule has 5 nitrogen and oxygen atoms in total. The first-order chi connectivity index (χ1) is 11.2. The predicted molar refractivity (Wildman–Crippen MR) is 98.6 cm³/mol. The Bertz CT molecular complexity index is 741. The smallest absolute Gasteiger partial charge is 0.414 e. The van der Waals surface area contributed by atoms with Crippen molar-refractivity contribution in [2.45, 2.75) is 38.5 Å². The molecule has 0 bridgehead atoms. The van der Waals surface area contributed by atoms with E-state index in [1.165, 1.54) is 16.7 Å². The van der Waals surface area contributed by atoms with E-state index >= 15 is 0 Å². The van der Waals surface area contributed by atoms with Crippen LogP contribution in [0, 0.1) is 6.92 Å². The second kappa shape index (κ2) is 7.21. The van der Waals surface area contributed by atoms with Gasteiger partial charge >= 0.3 is 6.09 Å². The molecule has 1 aromatic carbocycles. The summed E-state index contributed by atoms with van der Waals surface area (Å²) in [7, 11) is 1.67. The molecule has 2 aromatic rings. The maximum absolute atomic E-state index is 12.4. The number of amides is 1. The second-order valence-electron chi connectivity index (χ2n) is 6.44. The van der Waals surface area contributed by atoms with Gasteiger partial charge in [0.1, 0.15) is 5.60 Å². The average Bonchev–Trinajstić information content (AvgIpc) is 2.52. The Morgan fingerprint density at radius 1 is 1.25 bits per heavy atom. The Kier molecular flexibility index (Phi) is 5.49. The minimum Gasteiger partial charge on any atom is -0.443 e. The topological polar surface area (TPSA) is 55.3 Å². The maximum atomic E-state index is 12.4. The van der Waals surface area contributed by atoms with Crippen LogP contribution >= 0.6 is 11.8 Å². The molecular weight excluding hydrogens is 322 g/mol. The van der Waals surface area contributed by atoms with Gasteiger partial charge in [-0.25, -0.2) is 14.8 Å². The summed E-state index contributed by atoms with van der Waals surface area (Å²) in [6, 6.07) is 7.95. The van der Waals surface area contributed by atoms with Gasteiger partial charge in [-0.2, -0.15) is 0 Å². The number of nitrogens with zero attached hydrogens (tertiary/aromatic N) is 3. The molecule has 6 heteroatoms. The Morgan fingerprint density at radius 2 is 1.92 bits per heavy atom. The number of anilines is 1. The van der Waals surface area contributed by atoms with Gasteiger partial charge < -0.3 is 4.74 Å². The van der Waals surface area contributed by atoms with Crippen LogP contribution in [0.4, 0.5) is 10.5 Å². The summed E-state index contributed by atoms with van der Waals surface area (Å²) in [6.07, 6.45) is 3.16. The number of ether oxygens (including phenoxy) is 1. The summed E-state index contributed by atoms with van der Waals surface area (Å²) in [5.41, 5.74) is 2.84. The fourth-order valence-corrected chi connectivity index (χ4v) is 2.51. The van der Waals surface area contributed by atoms with Crippen molar-refractivity contribution in [2.75, 3.05) is 18.2 Å². The van der Waals surface area contributed by atoms with Gasteiger partial charge in [0, 0.05) is 12.6 Å². The standard InChI is InChI=1S/C18H23N3O2S/c1-12-9-7-8-10-13(12)15-14(11-19-16(20-15)24-6)21(5)17(22)23-18(2,3)4/h7-11H,1-6H3. The van der Waals surface area contributed by atoms with Crippen molar-refractivity contribution in [1.82, 2.24) is 9.97 Å². The number of hydrogen-bond acceptors (Lipinski definition) is 5. The van der Waals surface area contributed by atoms with Crippen LogP contribution in [-0.4, -0.2) is 35.0 Å². The lowest BCUT2D eigenvalue weighted by Crippen LogP contribution is -2.34. The van der Waals surface area contributed by atoms with Crippen LogP contribution < -0.4 is 4.90 Å². The number of hydrogen-bond donors (Lipinski definition) is 0. The summed E-state index contributed by atoms with van der Waals surface area (Å²) in [4.78, 5) is 22.8. The molecule has 24 heavy (non-hydrogen) atoms. The quantitative estimate of drug-likeness (QED) is 0.603. The van der Waals surface area contributed by atoms with Crippen molar-refractivity contribution in [1.29, 1.82) is 0 Å². The van der Waals surface area contributed by atoms with Crippen LogP contribution in [0.5, 0.6) is 0 Å². The van der Waals surface area contributed by atoms with Gasteiger partial charge in [-0.3, -0.25) is 4.90 Å². The highest BCUT2D eigenvalue weighted by Crippen LogP contribution is 2.32. The third-order valence-corrected chi connectivity index (χ3v) is 3.92. The highest BCUT2D eigenvalue weighted by atomic mass is 32.2. The minimum absolute atomic E-state index is 0.433. The first-order valence-corrected chi connectivity index (χ1v) is 8.89. The zero-order valence-corrected chi connectivity index (χ0v) is 15.8. The van der Waals surface area contributed by atoms with Crippen LogP contribution in [0.15, 0.2) is 35.6 Å². The molecule has 2 rings (SSSR count). The van der Waals surface area contributed by atoms with Crippen molar-refractivity contribution in [3.8, 4) is 11.3 Å². The molecule has 1 heterocycles. The highest BCUT2D eigenvalue weighted by molar-refractivity contribution is 7.98. The van der Waals surface area contributed by atoms with Crippen molar-refractivity contribution in [2.24, 2.45) is 0 Å². The largest absolute Gasteiger partial charge is 0.443 e. The molecular formula is C18H23N3O2S. The molecule has 0 saturated carbocycles. The summed E-state index contributed by atoms with van der Waals surface area (Å²) >= 11 is 1.47. The Hall–Kier alpha value is -2.08. The zero-order chi connectivity index (χ0) is 17.9. The highest BCUT2D eigenvalue weighted by Gasteiger charge is 2.24.